The van der Waals surface area contributed by atoms with Crippen LogP contribution in [0.25, 0.3) is 0 Å². The molecule has 0 spiro atoms. The summed E-state index contributed by atoms with van der Waals surface area (Å²) in [6.07, 6.45) is -4.72. The second-order valence-corrected chi connectivity index (χ2v) is 9.56. The van der Waals surface area contributed by atoms with E-state index >= 15 is 0 Å². The zero-order valence-corrected chi connectivity index (χ0v) is 21.8. The number of amidine groups is 2. The summed E-state index contributed by atoms with van der Waals surface area (Å²) in [4.78, 5) is 30.0. The van der Waals surface area contributed by atoms with Gasteiger partial charge in [-0.3, -0.25) is 25.3 Å². The van der Waals surface area contributed by atoms with Crippen LogP contribution < -0.4 is 10.2 Å². The molecule has 1 heterocycles. The van der Waals surface area contributed by atoms with Gasteiger partial charge in [-0.05, 0) is 48.9 Å². The molecule has 1 fully saturated rings. The molecule has 210 valence electrons. The van der Waals surface area contributed by atoms with Crippen molar-refractivity contribution in [3.05, 3.63) is 53.1 Å². The minimum atomic E-state index is -4.72. The largest absolute Gasteiger partial charge is 0.508 e. The van der Waals surface area contributed by atoms with E-state index in [0.29, 0.717) is 37.3 Å². The van der Waals surface area contributed by atoms with E-state index in [1.807, 2.05) is 7.05 Å². The molecule has 0 aliphatic carbocycles. The van der Waals surface area contributed by atoms with Gasteiger partial charge in [-0.25, -0.2) is 0 Å². The highest BCUT2D eigenvalue weighted by atomic mass is 19.4. The van der Waals surface area contributed by atoms with Crippen LogP contribution in [0.3, 0.4) is 0 Å². The van der Waals surface area contributed by atoms with Gasteiger partial charge in [0.15, 0.2) is 5.84 Å². The number of amides is 2. The summed E-state index contributed by atoms with van der Waals surface area (Å²) in [5, 5.41) is 39.3. The summed E-state index contributed by atoms with van der Waals surface area (Å²) in [5.41, 5.74) is 0.550. The summed E-state index contributed by atoms with van der Waals surface area (Å²) in [5.74, 6) is -4.22. The van der Waals surface area contributed by atoms with Gasteiger partial charge in [-0.2, -0.15) is 13.2 Å². The Bertz CT molecular complexity index is 1260. The number of hydrogen-bond acceptors (Lipinski definition) is 7. The number of phenolic OH excluding ortho intramolecular Hbond substituents is 2. The molecule has 10 nitrogen and oxygen atoms in total. The van der Waals surface area contributed by atoms with E-state index in [2.05, 4.69) is 4.90 Å². The summed E-state index contributed by atoms with van der Waals surface area (Å²) in [6.45, 7) is 4.35. The number of alkyl halides is 3. The molecule has 0 unspecified atom stereocenters. The molecule has 1 aliphatic rings. The van der Waals surface area contributed by atoms with E-state index in [1.54, 1.807) is 24.1 Å². The van der Waals surface area contributed by atoms with Crippen molar-refractivity contribution >= 4 is 29.2 Å². The topological polar surface area (TPSA) is 144 Å². The third-order valence-corrected chi connectivity index (χ3v) is 6.30. The molecule has 2 aromatic carbocycles. The highest BCUT2D eigenvalue weighted by molar-refractivity contribution is 6.48. The Morgan fingerprint density at radius 3 is 2.15 bits per heavy atom. The Hall–Kier alpha value is -4.13. The highest BCUT2D eigenvalue weighted by Crippen LogP contribution is 2.34. The second kappa shape index (κ2) is 11.7. The zero-order valence-electron chi connectivity index (χ0n) is 21.8. The number of nitrogens with one attached hydrogen (secondary N) is 3. The monoisotopic (exact) mass is 548 g/mol. The number of piperazine rings is 1. The minimum Gasteiger partial charge on any atom is -0.508 e. The van der Waals surface area contributed by atoms with Crippen LogP contribution >= 0.6 is 0 Å². The zero-order chi connectivity index (χ0) is 29.1. The molecule has 5 N–H and O–H groups in total. The number of anilines is 1. The molecule has 0 radical (unpaired) electrons. The van der Waals surface area contributed by atoms with Crippen molar-refractivity contribution in [2.45, 2.75) is 25.9 Å². The van der Waals surface area contributed by atoms with Gasteiger partial charge in [0, 0.05) is 43.5 Å². The number of aromatic hydroxyl groups is 2. The van der Waals surface area contributed by atoms with Gasteiger partial charge in [0.1, 0.15) is 23.9 Å². The third-order valence-electron chi connectivity index (χ3n) is 6.30. The number of likely N-dealkylation sites (N-methyl/N-ethyl adjacent to an activating group) is 1. The molecule has 1 saturated heterocycles. The van der Waals surface area contributed by atoms with Gasteiger partial charge in [-0.1, -0.05) is 13.8 Å². The lowest BCUT2D eigenvalue weighted by molar-refractivity contribution is -0.134. The van der Waals surface area contributed by atoms with E-state index < -0.39 is 36.0 Å². The smallest absolute Gasteiger partial charge is 0.405 e. The molecule has 2 amide bonds. The summed E-state index contributed by atoms with van der Waals surface area (Å²) in [6, 6.07) is 7.94. The Labute approximate surface area is 223 Å². The SMILES string of the molecule is CC(C)c1cc(C(=N)N(C(=N)C(=O)NCC(F)(F)F)c2ccc(C(=O)N3CCN(C)CC3)cc2)c(O)cc1O. The Kier molecular flexibility index (Phi) is 8.85. The fourth-order valence-corrected chi connectivity index (χ4v) is 4.05. The van der Waals surface area contributed by atoms with Crippen LogP contribution in [-0.4, -0.2) is 89.4 Å². The van der Waals surface area contributed by atoms with Crippen LogP contribution in [0.5, 0.6) is 11.5 Å². The molecule has 13 heteroatoms. The third kappa shape index (κ3) is 7.05. The first-order valence-electron chi connectivity index (χ1n) is 12.2. The van der Waals surface area contributed by atoms with Crippen LogP contribution in [0.4, 0.5) is 18.9 Å². The normalized spacial score (nSPS) is 14.3. The molecule has 0 bridgehead atoms. The fourth-order valence-electron chi connectivity index (χ4n) is 4.05. The van der Waals surface area contributed by atoms with E-state index in [0.717, 1.165) is 11.0 Å². The number of carbonyl (C=O) groups is 2. The lowest BCUT2D eigenvalue weighted by atomic mass is 9.98. The molecular formula is C26H31F3N6O4. The Balaban J connectivity index is 1.98. The van der Waals surface area contributed by atoms with E-state index in [4.69, 9.17) is 10.8 Å². The van der Waals surface area contributed by atoms with Crippen molar-refractivity contribution < 1.29 is 33.0 Å². The molecule has 3 rings (SSSR count). The van der Waals surface area contributed by atoms with Crippen LogP contribution in [-0.2, 0) is 4.79 Å². The summed E-state index contributed by atoms with van der Waals surface area (Å²) < 4.78 is 38.1. The Morgan fingerprint density at radius 1 is 1.03 bits per heavy atom. The minimum absolute atomic E-state index is 0.0284. The van der Waals surface area contributed by atoms with Crippen LogP contribution in [0.1, 0.15) is 41.3 Å². The van der Waals surface area contributed by atoms with Gasteiger partial charge < -0.3 is 25.3 Å². The van der Waals surface area contributed by atoms with Crippen molar-refractivity contribution in [3.8, 4) is 11.5 Å². The predicted molar refractivity (Wildman–Crippen MR) is 140 cm³/mol. The van der Waals surface area contributed by atoms with Crippen molar-refractivity contribution in [3.63, 3.8) is 0 Å². The number of phenols is 2. The molecule has 2 aromatic rings. The number of benzene rings is 2. The fraction of sp³-hybridized carbons (Fsp3) is 0.385. The predicted octanol–water partition coefficient (Wildman–Crippen LogP) is 3.10. The van der Waals surface area contributed by atoms with E-state index in [-0.39, 0.29) is 28.8 Å². The molecule has 1 aliphatic heterocycles. The van der Waals surface area contributed by atoms with Gasteiger partial charge in [-0.15, -0.1) is 0 Å². The van der Waals surface area contributed by atoms with Gasteiger partial charge in [0.2, 0.25) is 0 Å². The molecular weight excluding hydrogens is 517 g/mol. The standard InChI is InChI=1S/C26H31F3N6O4/c1-15(2)18-12-19(21(37)13-20(18)36)22(30)35(23(31)24(38)32-14-26(27,28)29)17-6-4-16(5-7-17)25(39)34-10-8-33(3)9-11-34/h4-7,12-13,15,30-31,36-37H,8-11,14H2,1-3H3,(H,32,38). The quantitative estimate of drug-likeness (QED) is 0.287. The van der Waals surface area contributed by atoms with E-state index in [9.17, 15) is 33.0 Å². The van der Waals surface area contributed by atoms with Crippen molar-refractivity contribution in [2.75, 3.05) is 44.7 Å². The Morgan fingerprint density at radius 2 is 1.62 bits per heavy atom. The molecule has 0 aromatic heterocycles. The maximum Gasteiger partial charge on any atom is 0.405 e. The van der Waals surface area contributed by atoms with E-state index in [1.165, 1.54) is 30.3 Å². The van der Waals surface area contributed by atoms with Crippen molar-refractivity contribution in [2.24, 2.45) is 0 Å². The van der Waals surface area contributed by atoms with Crippen LogP contribution in [0.2, 0.25) is 0 Å². The number of hydrogen-bond donors (Lipinski definition) is 5. The van der Waals surface area contributed by atoms with Gasteiger partial charge >= 0.3 is 6.18 Å². The highest BCUT2D eigenvalue weighted by Gasteiger charge is 2.32. The summed E-state index contributed by atoms with van der Waals surface area (Å²) >= 11 is 0. The molecule has 39 heavy (non-hydrogen) atoms. The maximum atomic E-state index is 12.9. The van der Waals surface area contributed by atoms with Gasteiger partial charge in [0.25, 0.3) is 11.8 Å². The number of rotatable bonds is 5. The molecule has 0 atom stereocenters. The average Bonchev–Trinajstić information content (AvgIpc) is 2.87. The summed E-state index contributed by atoms with van der Waals surface area (Å²) in [7, 11) is 1.95. The van der Waals surface area contributed by atoms with Gasteiger partial charge in [0.05, 0.1) is 5.56 Å². The number of halogens is 3. The van der Waals surface area contributed by atoms with Crippen molar-refractivity contribution in [1.82, 2.24) is 15.1 Å². The number of carbonyl (C=O) groups excluding carboxylic acids is 2. The number of nitrogens with zero attached hydrogens (tertiary/aromatic N) is 3. The van der Waals surface area contributed by atoms with Crippen molar-refractivity contribution in [1.29, 1.82) is 10.8 Å². The first kappa shape index (κ1) is 29.4. The van der Waals surface area contributed by atoms with Crippen LogP contribution in [0.15, 0.2) is 36.4 Å². The lowest BCUT2D eigenvalue weighted by Crippen LogP contribution is -2.48. The lowest BCUT2D eigenvalue weighted by Gasteiger charge is -2.32. The second-order valence-electron chi connectivity index (χ2n) is 9.56. The molecule has 0 saturated carbocycles. The maximum absolute atomic E-state index is 12.9. The average molecular weight is 549 g/mol. The first-order valence-corrected chi connectivity index (χ1v) is 12.2. The van der Waals surface area contributed by atoms with Crippen LogP contribution in [0, 0.1) is 10.8 Å². The first-order chi connectivity index (χ1) is 18.2.